The van der Waals surface area contributed by atoms with Crippen LogP contribution in [-0.4, -0.2) is 35.3 Å². The number of methoxy groups -OCH3 is 1. The number of aryl methyl sites for hydroxylation is 1. The fourth-order valence-electron chi connectivity index (χ4n) is 4.85. The van der Waals surface area contributed by atoms with E-state index in [0.717, 1.165) is 41.1 Å². The first-order chi connectivity index (χ1) is 17.0. The number of ketones is 2. The molecule has 2 atom stereocenters. The van der Waals surface area contributed by atoms with Crippen molar-refractivity contribution in [3.63, 3.8) is 0 Å². The first-order valence-corrected chi connectivity index (χ1v) is 12.0. The van der Waals surface area contributed by atoms with Gasteiger partial charge in [0.05, 0.1) is 13.5 Å². The smallest absolute Gasteiger partial charge is 0.160 e. The van der Waals surface area contributed by atoms with Crippen LogP contribution in [0.1, 0.15) is 55.3 Å². The molecule has 0 saturated heterocycles. The van der Waals surface area contributed by atoms with E-state index in [2.05, 4.69) is 22.2 Å². The third-order valence-electron chi connectivity index (χ3n) is 6.56. The van der Waals surface area contributed by atoms with Crippen molar-refractivity contribution >= 4 is 23.5 Å². The van der Waals surface area contributed by atoms with E-state index in [1.54, 1.807) is 24.4 Å². The van der Waals surface area contributed by atoms with E-state index < -0.39 is 0 Å². The van der Waals surface area contributed by atoms with Crippen molar-refractivity contribution in [2.45, 2.75) is 44.9 Å². The molecule has 1 aliphatic carbocycles. The highest BCUT2D eigenvalue weighted by molar-refractivity contribution is 6.02. The number of phenols is 1. The van der Waals surface area contributed by atoms with E-state index in [4.69, 9.17) is 4.74 Å². The number of fused-ring (bicyclic) bond motifs is 1. The molecule has 1 aromatic carbocycles. The summed E-state index contributed by atoms with van der Waals surface area (Å²) in [6.07, 6.45) is 7.97. The van der Waals surface area contributed by atoms with Gasteiger partial charge in [-0.1, -0.05) is 66.8 Å². The van der Waals surface area contributed by atoms with Crippen LogP contribution in [0.15, 0.2) is 54.4 Å². The summed E-state index contributed by atoms with van der Waals surface area (Å²) in [5.41, 5.74) is 3.76. The van der Waals surface area contributed by atoms with Gasteiger partial charge in [-0.15, -0.1) is 5.69 Å². The maximum absolute atomic E-state index is 13.6. The fraction of sp³-hybridized carbons (Fsp3) is 0.357. The summed E-state index contributed by atoms with van der Waals surface area (Å²) in [6, 6.07) is 10.8. The lowest BCUT2D eigenvalue weighted by Crippen LogP contribution is -2.30. The molecule has 0 aliphatic heterocycles. The minimum Gasteiger partial charge on any atom is -0.664 e. The van der Waals surface area contributed by atoms with Gasteiger partial charge in [0, 0.05) is 12.3 Å². The Labute approximate surface area is 205 Å². The number of rotatable bonds is 12. The molecule has 0 bridgehead atoms. The number of aromatic nitrogens is 2. The lowest BCUT2D eigenvalue weighted by molar-refractivity contribution is -0.129. The largest absolute Gasteiger partial charge is 0.664 e. The van der Waals surface area contributed by atoms with E-state index in [1.807, 2.05) is 30.5 Å². The number of aromatic hydroxyl groups is 1. The Hall–Kier alpha value is -3.74. The number of hydrogen-bond acceptors (Lipinski definition) is 4. The van der Waals surface area contributed by atoms with Crippen molar-refractivity contribution in [2.24, 2.45) is 5.92 Å². The number of Topliss-reactive ketones (excluding diaryl/α,β-unsaturated/α-hetero) is 2. The van der Waals surface area contributed by atoms with E-state index in [1.165, 1.54) is 7.11 Å². The number of nitrogens with zero attached hydrogens (tertiary/aromatic N) is 2. The molecular weight excluding hydrogens is 442 g/mol. The second-order valence-corrected chi connectivity index (χ2v) is 8.94. The third kappa shape index (κ3) is 5.67. The molecule has 2 aromatic heterocycles. The standard InChI is InChI=1S/C28H31N3O4/c1-3-5-22-21-11-13-29-23(21)15-19(17-31-27-6-4-12-30-27)28(22)25(34)16-20(32)9-7-18-8-10-24(33)26(14-18)35-2/h4,6,8,10-15,22,28,30,33H,3,5,7,9,16-17H2,1-2H3/q-2. The van der Waals surface area contributed by atoms with Crippen molar-refractivity contribution in [3.05, 3.63) is 76.5 Å². The Kier molecular flexibility index (Phi) is 7.75. The SMILES string of the molecule is CCCC1c2cc[n-]c2C=C(C[N-]c2ccc[nH]2)C1C(=O)CC(=O)CCc1ccc(O)c(OC)c1. The van der Waals surface area contributed by atoms with Gasteiger partial charge in [0.2, 0.25) is 0 Å². The van der Waals surface area contributed by atoms with Crippen molar-refractivity contribution in [1.82, 2.24) is 9.97 Å². The molecule has 7 nitrogen and oxygen atoms in total. The summed E-state index contributed by atoms with van der Waals surface area (Å²) in [5, 5.41) is 14.4. The monoisotopic (exact) mass is 473 g/mol. The molecule has 0 saturated carbocycles. The van der Waals surface area contributed by atoms with Gasteiger partial charge in [-0.3, -0.25) is 9.59 Å². The molecular formula is C28H31N3O4-2. The molecule has 2 unspecified atom stereocenters. The molecule has 0 radical (unpaired) electrons. The maximum atomic E-state index is 13.6. The highest BCUT2D eigenvalue weighted by Crippen LogP contribution is 2.42. The Morgan fingerprint density at radius 3 is 2.83 bits per heavy atom. The molecule has 2 heterocycles. The zero-order valence-corrected chi connectivity index (χ0v) is 20.2. The number of hydrogen-bond donors (Lipinski definition) is 2. The molecule has 0 spiro atoms. The van der Waals surface area contributed by atoms with Gasteiger partial charge in [-0.25, -0.2) is 0 Å². The van der Waals surface area contributed by atoms with Gasteiger partial charge in [-0.05, 0) is 43.0 Å². The lowest BCUT2D eigenvalue weighted by atomic mass is 9.71. The molecule has 4 rings (SSSR count). The van der Waals surface area contributed by atoms with Crippen LogP contribution in [0.2, 0.25) is 0 Å². The second-order valence-electron chi connectivity index (χ2n) is 8.94. The predicted molar refractivity (Wildman–Crippen MR) is 135 cm³/mol. The Morgan fingerprint density at radius 2 is 2.09 bits per heavy atom. The number of aromatic amines is 1. The van der Waals surface area contributed by atoms with Crippen molar-refractivity contribution in [3.8, 4) is 11.5 Å². The summed E-state index contributed by atoms with van der Waals surface area (Å²) in [5.74, 6) is 0.644. The number of carbonyl (C=O) groups excluding carboxylic acids is 2. The number of H-pyrrole nitrogens is 1. The molecule has 7 heteroatoms. The average Bonchev–Trinajstić information content (AvgIpc) is 3.54. The molecule has 1 aliphatic rings. The summed E-state index contributed by atoms with van der Waals surface area (Å²) in [4.78, 5) is 34.0. The first kappa shape index (κ1) is 24.4. The van der Waals surface area contributed by atoms with E-state index >= 15 is 0 Å². The quantitative estimate of drug-likeness (QED) is 0.340. The summed E-state index contributed by atoms with van der Waals surface area (Å²) >= 11 is 0. The fourth-order valence-corrected chi connectivity index (χ4v) is 4.85. The lowest BCUT2D eigenvalue weighted by Gasteiger charge is -2.35. The Morgan fingerprint density at radius 1 is 1.23 bits per heavy atom. The second kappa shape index (κ2) is 11.1. The maximum Gasteiger partial charge on any atom is 0.160 e. The minimum atomic E-state index is -0.386. The highest BCUT2D eigenvalue weighted by atomic mass is 16.5. The number of nitrogens with one attached hydrogen (secondary N) is 1. The molecule has 0 fully saturated rings. The molecule has 2 N–H and O–H groups in total. The molecule has 0 amide bonds. The van der Waals surface area contributed by atoms with Crippen molar-refractivity contribution in [1.29, 1.82) is 0 Å². The van der Waals surface area contributed by atoms with Gasteiger partial charge in [0.25, 0.3) is 0 Å². The summed E-state index contributed by atoms with van der Waals surface area (Å²) in [6.45, 7) is 2.49. The summed E-state index contributed by atoms with van der Waals surface area (Å²) in [7, 11) is 1.49. The van der Waals surface area contributed by atoms with Gasteiger partial charge >= 0.3 is 0 Å². The molecule has 184 valence electrons. The normalized spacial score (nSPS) is 16.9. The van der Waals surface area contributed by atoms with E-state index in [9.17, 15) is 14.7 Å². The predicted octanol–water partition coefficient (Wildman–Crippen LogP) is 5.45. The van der Waals surface area contributed by atoms with Crippen LogP contribution in [0, 0.1) is 5.92 Å². The van der Waals surface area contributed by atoms with E-state index in [0.29, 0.717) is 18.7 Å². The van der Waals surface area contributed by atoms with Gasteiger partial charge < -0.3 is 25.1 Å². The number of phenolic OH excluding ortho intramolecular Hbond substituents is 1. The number of benzene rings is 1. The van der Waals surface area contributed by atoms with Crippen LogP contribution in [0.3, 0.4) is 0 Å². The average molecular weight is 474 g/mol. The Bertz CT molecular complexity index is 1190. The summed E-state index contributed by atoms with van der Waals surface area (Å²) < 4.78 is 5.14. The van der Waals surface area contributed by atoms with Gasteiger partial charge in [0.15, 0.2) is 11.5 Å². The minimum absolute atomic E-state index is 0.00185. The topological polar surface area (TPSA) is 108 Å². The van der Waals surface area contributed by atoms with Crippen LogP contribution in [0.5, 0.6) is 11.5 Å². The molecule has 3 aromatic rings. The van der Waals surface area contributed by atoms with Gasteiger partial charge in [0.1, 0.15) is 11.6 Å². The van der Waals surface area contributed by atoms with Crippen LogP contribution < -0.4 is 9.72 Å². The molecule has 35 heavy (non-hydrogen) atoms. The Balaban J connectivity index is 1.47. The van der Waals surface area contributed by atoms with Crippen LogP contribution >= 0.6 is 0 Å². The zero-order valence-electron chi connectivity index (χ0n) is 20.2. The highest BCUT2D eigenvalue weighted by Gasteiger charge is 2.34. The van der Waals surface area contributed by atoms with E-state index in [-0.39, 0.29) is 42.0 Å². The third-order valence-corrected chi connectivity index (χ3v) is 6.56. The van der Waals surface area contributed by atoms with Crippen molar-refractivity contribution in [2.75, 3.05) is 13.7 Å². The van der Waals surface area contributed by atoms with Crippen LogP contribution in [-0.2, 0) is 16.0 Å². The number of carbonyl (C=O) groups is 2. The first-order valence-electron chi connectivity index (χ1n) is 12.0. The van der Waals surface area contributed by atoms with Crippen LogP contribution in [0.4, 0.5) is 5.82 Å². The van der Waals surface area contributed by atoms with Crippen molar-refractivity contribution < 1.29 is 19.4 Å². The van der Waals surface area contributed by atoms with Crippen LogP contribution in [0.25, 0.3) is 11.4 Å². The zero-order chi connectivity index (χ0) is 24.8. The number of ether oxygens (including phenoxy) is 1. The van der Waals surface area contributed by atoms with Gasteiger partial charge in [-0.2, -0.15) is 6.20 Å².